The molecule has 0 spiro atoms. The highest BCUT2D eigenvalue weighted by Gasteiger charge is 2.30. The molecule has 0 radical (unpaired) electrons. The molecule has 2 aromatic heterocycles. The van der Waals surface area contributed by atoms with E-state index >= 15 is 0 Å². The first-order valence-corrected chi connectivity index (χ1v) is 11.9. The summed E-state index contributed by atoms with van der Waals surface area (Å²) in [6.07, 6.45) is 6.50. The lowest BCUT2D eigenvalue weighted by Gasteiger charge is -2.30. The Balaban J connectivity index is 1.70. The Kier molecular flexibility index (Phi) is 6.66. The van der Waals surface area contributed by atoms with Crippen molar-refractivity contribution in [2.45, 2.75) is 58.0 Å². The van der Waals surface area contributed by atoms with Crippen molar-refractivity contribution in [2.75, 3.05) is 6.54 Å². The van der Waals surface area contributed by atoms with Crippen LogP contribution in [0.2, 0.25) is 0 Å². The summed E-state index contributed by atoms with van der Waals surface area (Å²) in [5.41, 5.74) is 1.55. The fraction of sp³-hybridized carbons (Fsp3) is 0.400. The number of benzene rings is 1. The van der Waals surface area contributed by atoms with E-state index < -0.39 is 0 Å². The van der Waals surface area contributed by atoms with Gasteiger partial charge in [0.2, 0.25) is 0 Å². The minimum atomic E-state index is -0.0255. The fourth-order valence-corrected chi connectivity index (χ4v) is 5.48. The molecule has 6 heteroatoms. The van der Waals surface area contributed by atoms with Gasteiger partial charge >= 0.3 is 0 Å². The van der Waals surface area contributed by atoms with Crippen LogP contribution in [0.25, 0.3) is 10.1 Å². The van der Waals surface area contributed by atoms with Crippen LogP contribution in [0.15, 0.2) is 48.7 Å². The largest absolute Gasteiger partial charge is 0.349 e. The number of hydrogen-bond donors (Lipinski definition) is 1. The van der Waals surface area contributed by atoms with Crippen LogP contribution in [0.5, 0.6) is 0 Å². The number of nitrogens with one attached hydrogen (secondary N) is 1. The number of hydrogen-bond acceptors (Lipinski definition) is 4. The van der Waals surface area contributed by atoms with E-state index in [1.807, 2.05) is 43.0 Å². The lowest BCUT2D eigenvalue weighted by molar-refractivity contribution is 0.0676. The fourth-order valence-electron chi connectivity index (χ4n) is 4.34. The van der Waals surface area contributed by atoms with E-state index in [9.17, 15) is 9.59 Å². The number of thiophene rings is 1. The number of nitrogens with zero attached hydrogens (tertiary/aromatic N) is 2. The Labute approximate surface area is 187 Å². The molecule has 162 valence electrons. The first-order valence-electron chi connectivity index (χ1n) is 11.1. The topological polar surface area (TPSA) is 62.3 Å². The van der Waals surface area contributed by atoms with Gasteiger partial charge in [-0.15, -0.1) is 11.3 Å². The Morgan fingerprint density at radius 1 is 1.13 bits per heavy atom. The van der Waals surface area contributed by atoms with E-state index in [1.54, 1.807) is 23.6 Å². The van der Waals surface area contributed by atoms with Crippen LogP contribution in [0.4, 0.5) is 0 Å². The molecule has 31 heavy (non-hydrogen) atoms. The van der Waals surface area contributed by atoms with Crippen molar-refractivity contribution < 1.29 is 9.59 Å². The van der Waals surface area contributed by atoms with Crippen molar-refractivity contribution in [3.8, 4) is 0 Å². The molecule has 3 heterocycles. The van der Waals surface area contributed by atoms with Crippen molar-refractivity contribution >= 4 is 33.2 Å². The van der Waals surface area contributed by atoms with Gasteiger partial charge in [0.25, 0.3) is 11.8 Å². The zero-order chi connectivity index (χ0) is 21.8. The predicted octanol–water partition coefficient (Wildman–Crippen LogP) is 5.06. The molecule has 1 fully saturated rings. The third kappa shape index (κ3) is 4.79. The number of amides is 2. The number of fused-ring (bicyclic) bond motifs is 1. The second-order valence-corrected chi connectivity index (χ2v) is 9.51. The summed E-state index contributed by atoms with van der Waals surface area (Å²) in [4.78, 5) is 33.4. The van der Waals surface area contributed by atoms with Crippen LogP contribution in [0.3, 0.4) is 0 Å². The summed E-state index contributed by atoms with van der Waals surface area (Å²) in [6, 6.07) is 13.8. The Morgan fingerprint density at radius 3 is 2.71 bits per heavy atom. The van der Waals surface area contributed by atoms with Gasteiger partial charge in [-0.2, -0.15) is 0 Å². The molecule has 0 aliphatic carbocycles. The average molecular weight is 436 g/mol. The van der Waals surface area contributed by atoms with Crippen LogP contribution in [-0.2, 0) is 6.42 Å². The van der Waals surface area contributed by atoms with Gasteiger partial charge in [-0.05, 0) is 62.3 Å². The first-order chi connectivity index (χ1) is 15.0. The summed E-state index contributed by atoms with van der Waals surface area (Å²) < 4.78 is 1.11. The maximum atomic E-state index is 13.3. The molecule has 3 aromatic rings. The molecule has 1 unspecified atom stereocenters. The highest BCUT2D eigenvalue weighted by Crippen LogP contribution is 2.34. The summed E-state index contributed by atoms with van der Waals surface area (Å²) in [5, 5.41) is 4.17. The molecular weight excluding hydrogens is 406 g/mol. The van der Waals surface area contributed by atoms with Crippen LogP contribution >= 0.6 is 11.3 Å². The van der Waals surface area contributed by atoms with Crippen molar-refractivity contribution in [3.05, 3.63) is 64.8 Å². The number of rotatable bonds is 5. The van der Waals surface area contributed by atoms with Crippen molar-refractivity contribution in [3.63, 3.8) is 0 Å². The second kappa shape index (κ2) is 9.60. The van der Waals surface area contributed by atoms with Gasteiger partial charge in [0.1, 0.15) is 5.69 Å². The molecule has 1 aromatic carbocycles. The van der Waals surface area contributed by atoms with Gasteiger partial charge in [0.15, 0.2) is 0 Å². The van der Waals surface area contributed by atoms with Crippen molar-refractivity contribution in [1.29, 1.82) is 0 Å². The molecule has 5 nitrogen and oxygen atoms in total. The zero-order valence-corrected chi connectivity index (χ0v) is 19.0. The monoisotopic (exact) mass is 435 g/mol. The first kappa shape index (κ1) is 21.5. The predicted molar refractivity (Wildman–Crippen MR) is 126 cm³/mol. The highest BCUT2D eigenvalue weighted by atomic mass is 32.1. The Morgan fingerprint density at radius 2 is 1.94 bits per heavy atom. The van der Waals surface area contributed by atoms with Crippen LogP contribution in [-0.4, -0.2) is 40.3 Å². The van der Waals surface area contributed by atoms with Gasteiger partial charge in [-0.1, -0.05) is 37.1 Å². The summed E-state index contributed by atoms with van der Waals surface area (Å²) >= 11 is 1.55. The zero-order valence-electron chi connectivity index (χ0n) is 18.1. The van der Waals surface area contributed by atoms with Crippen LogP contribution < -0.4 is 5.32 Å². The maximum absolute atomic E-state index is 13.3. The summed E-state index contributed by atoms with van der Waals surface area (Å²) in [6.45, 7) is 4.68. The van der Waals surface area contributed by atoms with Gasteiger partial charge < -0.3 is 10.2 Å². The average Bonchev–Trinajstić information content (AvgIpc) is 2.97. The standard InChI is InChI=1S/C25H29N3O2S/c1-17(2)27-24(29)23-20(19-11-5-6-13-22(19)31-23)16-18-10-4-3-9-15-28(18)25(30)21-12-7-8-14-26-21/h5-8,11-14,17-18H,3-4,9-10,15-16H2,1-2H3,(H,27,29). The highest BCUT2D eigenvalue weighted by molar-refractivity contribution is 7.21. The van der Waals surface area contributed by atoms with E-state index in [-0.39, 0.29) is 23.9 Å². The SMILES string of the molecule is CC(C)NC(=O)c1sc2ccccc2c1CC1CCCCCN1C(=O)c1ccccn1. The molecular formula is C25H29N3O2S. The Bertz CT molecular complexity index is 1060. The molecule has 1 aliphatic heterocycles. The van der Waals surface area contributed by atoms with Crippen molar-refractivity contribution in [1.82, 2.24) is 15.2 Å². The molecule has 1 N–H and O–H groups in total. The number of pyridine rings is 1. The van der Waals surface area contributed by atoms with E-state index in [2.05, 4.69) is 22.4 Å². The number of aromatic nitrogens is 1. The van der Waals surface area contributed by atoms with Gasteiger partial charge in [0, 0.05) is 29.5 Å². The molecule has 2 amide bonds. The maximum Gasteiger partial charge on any atom is 0.272 e. The molecule has 0 saturated carbocycles. The molecule has 4 rings (SSSR count). The molecule has 1 saturated heterocycles. The third-order valence-electron chi connectivity index (χ3n) is 5.79. The smallest absolute Gasteiger partial charge is 0.272 e. The van der Waals surface area contributed by atoms with E-state index in [0.717, 1.165) is 52.8 Å². The van der Waals surface area contributed by atoms with E-state index in [4.69, 9.17) is 0 Å². The Hall–Kier alpha value is -2.73. The minimum absolute atomic E-state index is 0.0137. The normalized spacial score (nSPS) is 17.0. The molecule has 1 atom stereocenters. The van der Waals surface area contributed by atoms with E-state index in [0.29, 0.717) is 12.1 Å². The lowest BCUT2D eigenvalue weighted by atomic mass is 9.97. The quantitative estimate of drug-likeness (QED) is 0.609. The summed E-state index contributed by atoms with van der Waals surface area (Å²) in [5.74, 6) is -0.0392. The van der Waals surface area contributed by atoms with Gasteiger partial charge in [-0.3, -0.25) is 14.6 Å². The van der Waals surface area contributed by atoms with Gasteiger partial charge in [0.05, 0.1) is 4.88 Å². The third-order valence-corrected chi connectivity index (χ3v) is 7.00. The minimum Gasteiger partial charge on any atom is -0.349 e. The second-order valence-electron chi connectivity index (χ2n) is 8.45. The number of carbonyl (C=O) groups excluding carboxylic acids is 2. The van der Waals surface area contributed by atoms with E-state index in [1.165, 1.54) is 0 Å². The number of carbonyl (C=O) groups is 2. The van der Waals surface area contributed by atoms with Crippen LogP contribution in [0.1, 0.15) is 65.3 Å². The van der Waals surface area contributed by atoms with Crippen molar-refractivity contribution in [2.24, 2.45) is 0 Å². The van der Waals surface area contributed by atoms with Gasteiger partial charge in [-0.25, -0.2) is 0 Å². The number of likely N-dealkylation sites (tertiary alicyclic amines) is 1. The molecule has 0 bridgehead atoms. The summed E-state index contributed by atoms with van der Waals surface area (Å²) in [7, 11) is 0. The molecule has 1 aliphatic rings. The van der Waals surface area contributed by atoms with Crippen LogP contribution in [0, 0.1) is 0 Å². The lowest BCUT2D eigenvalue weighted by Crippen LogP contribution is -2.42.